The summed E-state index contributed by atoms with van der Waals surface area (Å²) in [5.74, 6) is -0.0535. The van der Waals surface area contributed by atoms with Crippen LogP contribution in [-0.2, 0) is 14.3 Å². The Morgan fingerprint density at radius 2 is 1.38 bits per heavy atom. The van der Waals surface area contributed by atoms with Crippen LogP contribution in [0.1, 0.15) is 18.6 Å². The molecule has 0 saturated carbocycles. The minimum atomic E-state index is -1.44. The average Bonchev–Trinajstić information content (AvgIpc) is 2.75. The molecule has 2 atom stereocenters. The number of carbonyl (C=O) groups excluding carboxylic acids is 2. The predicted octanol–water partition coefficient (Wildman–Crippen LogP) is 4.08. The molecule has 0 saturated heterocycles. The van der Waals surface area contributed by atoms with E-state index < -0.39 is 24.1 Å². The highest BCUT2D eigenvalue weighted by atomic mass is 16.6. The summed E-state index contributed by atoms with van der Waals surface area (Å²) in [4.78, 5) is 24.3. The van der Waals surface area contributed by atoms with Gasteiger partial charge in [-0.05, 0) is 48.9 Å². The van der Waals surface area contributed by atoms with Gasteiger partial charge in [0.15, 0.2) is 12.2 Å². The second kappa shape index (κ2) is 9.52. The number of amides is 1. The number of anilines is 1. The summed E-state index contributed by atoms with van der Waals surface area (Å²) in [6.07, 6.45) is -2.51. The van der Waals surface area contributed by atoms with Crippen LogP contribution in [0.3, 0.4) is 0 Å². The van der Waals surface area contributed by atoms with Gasteiger partial charge in [-0.3, -0.25) is 4.79 Å². The fourth-order valence-electron chi connectivity index (χ4n) is 2.54. The highest BCUT2D eigenvalue weighted by Gasteiger charge is 2.24. The van der Waals surface area contributed by atoms with Crippen LogP contribution in [0.2, 0.25) is 0 Å². The lowest BCUT2D eigenvalue weighted by Crippen LogP contribution is -2.31. The number of nitrogens with one attached hydrogen (secondary N) is 1. The van der Waals surface area contributed by atoms with Gasteiger partial charge in [-0.1, -0.05) is 48.5 Å². The Morgan fingerprint density at radius 3 is 2.00 bits per heavy atom. The summed E-state index contributed by atoms with van der Waals surface area (Å²) < 4.78 is 10.8. The lowest BCUT2D eigenvalue weighted by atomic mass is 10.1. The van der Waals surface area contributed by atoms with E-state index in [9.17, 15) is 14.7 Å². The van der Waals surface area contributed by atoms with E-state index in [2.05, 4.69) is 5.32 Å². The van der Waals surface area contributed by atoms with Crippen LogP contribution in [-0.4, -0.2) is 23.1 Å². The van der Waals surface area contributed by atoms with Gasteiger partial charge in [0.2, 0.25) is 0 Å². The summed E-state index contributed by atoms with van der Waals surface area (Å²) >= 11 is 0. The van der Waals surface area contributed by atoms with E-state index in [1.54, 1.807) is 54.6 Å². The number of ether oxygens (including phenoxy) is 2. The summed E-state index contributed by atoms with van der Waals surface area (Å²) in [5, 5.41) is 12.7. The van der Waals surface area contributed by atoms with Crippen LogP contribution in [0.25, 0.3) is 0 Å². The molecule has 3 aromatic rings. The maximum Gasteiger partial charge on any atom is 0.340 e. The van der Waals surface area contributed by atoms with Crippen molar-refractivity contribution < 1.29 is 24.2 Å². The molecule has 3 aromatic carbocycles. The number of hydrogen-bond donors (Lipinski definition) is 2. The Kier molecular flexibility index (Phi) is 6.60. The highest BCUT2D eigenvalue weighted by molar-refractivity contribution is 5.95. The SMILES string of the molecule is C[C@@H](OC(=O)[C@@H](O)c1ccccc1)C(=O)Nc1ccc(Oc2ccccc2)cc1. The molecule has 0 unspecified atom stereocenters. The smallest absolute Gasteiger partial charge is 0.340 e. The second-order valence-electron chi connectivity index (χ2n) is 6.32. The van der Waals surface area contributed by atoms with Crippen molar-refractivity contribution in [3.63, 3.8) is 0 Å². The molecule has 1 amide bonds. The maximum absolute atomic E-state index is 12.3. The lowest BCUT2D eigenvalue weighted by molar-refractivity contribution is -0.162. The first kappa shape index (κ1) is 20.1. The van der Waals surface area contributed by atoms with E-state index >= 15 is 0 Å². The first-order valence-corrected chi connectivity index (χ1v) is 9.10. The van der Waals surface area contributed by atoms with Gasteiger partial charge in [0.05, 0.1) is 0 Å². The molecule has 6 heteroatoms. The molecule has 0 aliphatic carbocycles. The molecular formula is C23H21NO5. The van der Waals surface area contributed by atoms with Crippen LogP contribution in [0, 0.1) is 0 Å². The topological polar surface area (TPSA) is 84.9 Å². The third kappa shape index (κ3) is 5.67. The molecule has 148 valence electrons. The first-order valence-electron chi connectivity index (χ1n) is 9.10. The van der Waals surface area contributed by atoms with Crippen LogP contribution in [0.5, 0.6) is 11.5 Å². The number of aliphatic hydroxyl groups excluding tert-OH is 1. The Morgan fingerprint density at radius 1 is 0.828 bits per heavy atom. The lowest BCUT2D eigenvalue weighted by Gasteiger charge is -2.16. The minimum absolute atomic E-state index is 0.402. The number of rotatable bonds is 7. The van der Waals surface area contributed by atoms with Crippen LogP contribution in [0.4, 0.5) is 5.69 Å². The molecule has 0 aliphatic heterocycles. The van der Waals surface area contributed by atoms with Crippen LogP contribution >= 0.6 is 0 Å². The van der Waals surface area contributed by atoms with Gasteiger partial charge >= 0.3 is 5.97 Å². The van der Waals surface area contributed by atoms with Crippen LogP contribution < -0.4 is 10.1 Å². The molecule has 0 bridgehead atoms. The monoisotopic (exact) mass is 391 g/mol. The summed E-state index contributed by atoms with van der Waals surface area (Å²) in [6.45, 7) is 1.44. The van der Waals surface area contributed by atoms with E-state index in [4.69, 9.17) is 9.47 Å². The van der Waals surface area contributed by atoms with Gasteiger partial charge in [0, 0.05) is 5.69 Å². The van der Waals surface area contributed by atoms with E-state index in [1.807, 2.05) is 30.3 Å². The molecule has 0 fully saturated rings. The standard InChI is InChI=1S/C23H21NO5/c1-16(28-23(27)21(25)17-8-4-2-5-9-17)22(26)24-18-12-14-20(15-13-18)29-19-10-6-3-7-11-19/h2-16,21,25H,1H3,(H,24,26)/t16-,21+/m1/s1. The summed E-state index contributed by atoms with van der Waals surface area (Å²) in [5.41, 5.74) is 0.932. The second-order valence-corrected chi connectivity index (χ2v) is 6.32. The zero-order chi connectivity index (χ0) is 20.6. The van der Waals surface area contributed by atoms with Gasteiger partial charge in [-0.25, -0.2) is 4.79 Å². The Hall–Kier alpha value is -3.64. The number of para-hydroxylation sites is 1. The van der Waals surface area contributed by atoms with Crippen molar-refractivity contribution in [2.75, 3.05) is 5.32 Å². The molecular weight excluding hydrogens is 370 g/mol. The molecule has 0 aromatic heterocycles. The summed E-state index contributed by atoms with van der Waals surface area (Å²) in [7, 11) is 0. The third-order valence-electron chi connectivity index (χ3n) is 4.10. The van der Waals surface area contributed by atoms with Crippen molar-refractivity contribution in [2.45, 2.75) is 19.1 Å². The normalized spacial score (nSPS) is 12.5. The zero-order valence-electron chi connectivity index (χ0n) is 15.8. The van der Waals surface area contributed by atoms with Gasteiger partial charge in [0.25, 0.3) is 5.91 Å². The molecule has 3 rings (SSSR count). The molecule has 0 aliphatic rings. The largest absolute Gasteiger partial charge is 0.457 e. The average molecular weight is 391 g/mol. The van der Waals surface area contributed by atoms with Crippen molar-refractivity contribution >= 4 is 17.6 Å². The van der Waals surface area contributed by atoms with Crippen molar-refractivity contribution in [2.24, 2.45) is 0 Å². The molecule has 0 heterocycles. The number of hydrogen-bond acceptors (Lipinski definition) is 5. The van der Waals surface area contributed by atoms with E-state index in [-0.39, 0.29) is 0 Å². The molecule has 6 nitrogen and oxygen atoms in total. The molecule has 29 heavy (non-hydrogen) atoms. The van der Waals surface area contributed by atoms with E-state index in [0.29, 0.717) is 22.7 Å². The maximum atomic E-state index is 12.3. The number of carbonyl (C=O) groups is 2. The Balaban J connectivity index is 1.53. The third-order valence-corrected chi connectivity index (χ3v) is 4.10. The number of esters is 1. The molecule has 0 spiro atoms. The van der Waals surface area contributed by atoms with Crippen molar-refractivity contribution in [3.05, 3.63) is 90.5 Å². The summed E-state index contributed by atoms with van der Waals surface area (Å²) in [6, 6.07) is 24.5. The number of benzene rings is 3. The fourth-order valence-corrected chi connectivity index (χ4v) is 2.54. The van der Waals surface area contributed by atoms with E-state index in [1.165, 1.54) is 6.92 Å². The predicted molar refractivity (Wildman–Crippen MR) is 109 cm³/mol. The van der Waals surface area contributed by atoms with Crippen molar-refractivity contribution in [1.82, 2.24) is 0 Å². The Bertz CT molecular complexity index is 942. The van der Waals surface area contributed by atoms with E-state index in [0.717, 1.165) is 0 Å². The molecule has 2 N–H and O–H groups in total. The quantitative estimate of drug-likeness (QED) is 0.593. The van der Waals surface area contributed by atoms with Crippen molar-refractivity contribution in [3.8, 4) is 11.5 Å². The zero-order valence-corrected chi connectivity index (χ0v) is 15.8. The van der Waals surface area contributed by atoms with Crippen LogP contribution in [0.15, 0.2) is 84.9 Å². The van der Waals surface area contributed by atoms with Gasteiger partial charge in [0.1, 0.15) is 11.5 Å². The number of aliphatic hydroxyl groups is 1. The van der Waals surface area contributed by atoms with Crippen molar-refractivity contribution in [1.29, 1.82) is 0 Å². The minimum Gasteiger partial charge on any atom is -0.457 e. The Labute approximate surface area is 168 Å². The van der Waals surface area contributed by atoms with Gasteiger partial charge in [-0.2, -0.15) is 0 Å². The highest BCUT2D eigenvalue weighted by Crippen LogP contribution is 2.23. The molecule has 0 radical (unpaired) electrons. The van der Waals surface area contributed by atoms with Gasteiger partial charge < -0.3 is 19.9 Å². The van der Waals surface area contributed by atoms with Gasteiger partial charge in [-0.15, -0.1) is 0 Å². The first-order chi connectivity index (χ1) is 14.0. The fraction of sp³-hybridized carbons (Fsp3) is 0.130.